The zero-order valence-corrected chi connectivity index (χ0v) is 11.7. The van der Waals surface area contributed by atoms with Gasteiger partial charge in [0.05, 0.1) is 24.3 Å². The Labute approximate surface area is 118 Å². The van der Waals surface area contributed by atoms with Crippen LogP contribution in [-0.4, -0.2) is 41.1 Å². The number of morpholine rings is 1. The van der Waals surface area contributed by atoms with E-state index in [-0.39, 0.29) is 18.1 Å². The van der Waals surface area contributed by atoms with Crippen molar-refractivity contribution in [3.05, 3.63) is 42.1 Å². The van der Waals surface area contributed by atoms with Gasteiger partial charge in [-0.1, -0.05) is 24.3 Å². The highest BCUT2D eigenvalue weighted by Crippen LogP contribution is 2.17. The number of carbonyl (C=O) groups is 1. The average Bonchev–Trinajstić information content (AvgIpc) is 2.48. The summed E-state index contributed by atoms with van der Waals surface area (Å²) in [7, 11) is 0. The first-order chi connectivity index (χ1) is 9.65. The first-order valence-corrected chi connectivity index (χ1v) is 6.93. The second kappa shape index (κ2) is 5.21. The maximum Gasteiger partial charge on any atom is 0.272 e. The topological polar surface area (TPSA) is 42.4 Å². The van der Waals surface area contributed by atoms with Crippen molar-refractivity contribution in [1.29, 1.82) is 0 Å². The molecule has 104 valence electrons. The summed E-state index contributed by atoms with van der Waals surface area (Å²) in [6, 6.07) is 11.7. The Morgan fingerprint density at radius 3 is 2.90 bits per heavy atom. The molecule has 0 aliphatic carbocycles. The number of hydrogen-bond donors (Lipinski definition) is 0. The van der Waals surface area contributed by atoms with Gasteiger partial charge in [-0.3, -0.25) is 4.79 Å². The summed E-state index contributed by atoms with van der Waals surface area (Å²) in [6.07, 6.45) is 0.0793. The van der Waals surface area contributed by atoms with E-state index in [9.17, 15) is 4.79 Å². The smallest absolute Gasteiger partial charge is 0.272 e. The number of carbonyl (C=O) groups excluding carboxylic acids is 1. The number of aromatic nitrogens is 1. The van der Waals surface area contributed by atoms with E-state index in [0.29, 0.717) is 18.8 Å². The quantitative estimate of drug-likeness (QED) is 0.799. The number of nitrogens with zero attached hydrogens (tertiary/aromatic N) is 2. The lowest BCUT2D eigenvalue weighted by molar-refractivity contribution is -0.0388. The first-order valence-electron chi connectivity index (χ1n) is 6.93. The van der Waals surface area contributed by atoms with Gasteiger partial charge < -0.3 is 9.64 Å². The lowest BCUT2D eigenvalue weighted by Gasteiger charge is -2.36. The first kappa shape index (κ1) is 13.1. The molecule has 4 heteroatoms. The van der Waals surface area contributed by atoms with E-state index in [4.69, 9.17) is 4.74 Å². The maximum atomic E-state index is 12.6. The number of amides is 1. The molecular formula is C16H18N2O2. The van der Waals surface area contributed by atoms with Crippen LogP contribution in [0.3, 0.4) is 0 Å². The fraction of sp³-hybridized carbons (Fsp3) is 0.375. The minimum Gasteiger partial charge on any atom is -0.375 e. The number of rotatable bonds is 1. The van der Waals surface area contributed by atoms with Gasteiger partial charge in [0.15, 0.2) is 0 Å². The minimum atomic E-state index is -0.0154. The van der Waals surface area contributed by atoms with Crippen LogP contribution < -0.4 is 0 Å². The average molecular weight is 270 g/mol. The summed E-state index contributed by atoms with van der Waals surface area (Å²) >= 11 is 0. The Hall–Kier alpha value is -1.94. The molecule has 4 nitrogen and oxygen atoms in total. The third-order valence-electron chi connectivity index (χ3n) is 3.69. The number of fused-ring (bicyclic) bond motifs is 1. The molecule has 0 spiro atoms. The lowest BCUT2D eigenvalue weighted by atomic mass is 10.1. The molecule has 0 radical (unpaired) electrons. The Balaban J connectivity index is 1.91. The molecule has 2 unspecified atom stereocenters. The van der Waals surface area contributed by atoms with Crippen molar-refractivity contribution < 1.29 is 9.53 Å². The number of hydrogen-bond acceptors (Lipinski definition) is 3. The van der Waals surface area contributed by atoms with Crippen LogP contribution in [0, 0.1) is 0 Å². The van der Waals surface area contributed by atoms with Crippen LogP contribution in [0.25, 0.3) is 10.9 Å². The van der Waals surface area contributed by atoms with Crippen molar-refractivity contribution in [2.24, 2.45) is 0 Å². The fourth-order valence-electron chi connectivity index (χ4n) is 2.52. The standard InChI is InChI=1S/C16H18N2O2/c1-11-10-20-12(2)9-18(11)16(19)15-8-7-13-5-3-4-6-14(13)17-15/h3-8,11-12H,9-10H2,1-2H3. The van der Waals surface area contributed by atoms with Crippen LogP contribution >= 0.6 is 0 Å². The number of ether oxygens (including phenoxy) is 1. The van der Waals surface area contributed by atoms with Crippen LogP contribution in [0.15, 0.2) is 36.4 Å². The van der Waals surface area contributed by atoms with Crippen LogP contribution in [-0.2, 0) is 4.74 Å². The van der Waals surface area contributed by atoms with Crippen molar-refractivity contribution in [3.63, 3.8) is 0 Å². The normalized spacial score (nSPS) is 23.0. The molecule has 2 atom stereocenters. The molecule has 0 saturated carbocycles. The summed E-state index contributed by atoms with van der Waals surface area (Å²) in [5.41, 5.74) is 1.36. The van der Waals surface area contributed by atoms with Crippen LogP contribution in [0.4, 0.5) is 0 Å². The second-order valence-electron chi connectivity index (χ2n) is 5.34. The van der Waals surface area contributed by atoms with Crippen LogP contribution in [0.5, 0.6) is 0 Å². The second-order valence-corrected chi connectivity index (χ2v) is 5.34. The molecule has 1 amide bonds. The molecule has 1 aliphatic heterocycles. The molecule has 1 aromatic carbocycles. The molecule has 2 aromatic rings. The number of para-hydroxylation sites is 1. The third kappa shape index (κ3) is 2.39. The third-order valence-corrected chi connectivity index (χ3v) is 3.69. The zero-order valence-electron chi connectivity index (χ0n) is 11.7. The molecular weight excluding hydrogens is 252 g/mol. The predicted molar refractivity (Wildman–Crippen MR) is 77.7 cm³/mol. The zero-order chi connectivity index (χ0) is 14.1. The highest BCUT2D eigenvalue weighted by atomic mass is 16.5. The van der Waals surface area contributed by atoms with Gasteiger partial charge in [-0.05, 0) is 26.0 Å². The van der Waals surface area contributed by atoms with Gasteiger partial charge in [-0.25, -0.2) is 4.98 Å². The SMILES string of the molecule is CC1CN(C(=O)c2ccc3ccccc3n2)C(C)CO1. The predicted octanol–water partition coefficient (Wildman–Crippen LogP) is 2.48. The van der Waals surface area contributed by atoms with Crippen molar-refractivity contribution in [3.8, 4) is 0 Å². The van der Waals surface area contributed by atoms with Crippen molar-refractivity contribution in [2.75, 3.05) is 13.2 Å². The summed E-state index contributed by atoms with van der Waals surface area (Å²) < 4.78 is 5.56. The molecule has 1 aliphatic rings. The van der Waals surface area contributed by atoms with Crippen molar-refractivity contribution in [2.45, 2.75) is 26.0 Å². The highest BCUT2D eigenvalue weighted by Gasteiger charge is 2.28. The Morgan fingerprint density at radius 2 is 2.05 bits per heavy atom. The number of benzene rings is 1. The molecule has 1 aromatic heterocycles. The van der Waals surface area contributed by atoms with Crippen molar-refractivity contribution in [1.82, 2.24) is 9.88 Å². The number of pyridine rings is 1. The molecule has 20 heavy (non-hydrogen) atoms. The Kier molecular flexibility index (Phi) is 3.40. The van der Waals surface area contributed by atoms with Gasteiger partial charge in [-0.2, -0.15) is 0 Å². The molecule has 2 heterocycles. The van der Waals surface area contributed by atoms with Gasteiger partial charge in [0.25, 0.3) is 5.91 Å². The monoisotopic (exact) mass is 270 g/mol. The summed E-state index contributed by atoms with van der Waals surface area (Å²) in [5, 5.41) is 1.05. The van der Waals surface area contributed by atoms with E-state index in [2.05, 4.69) is 4.98 Å². The fourth-order valence-corrected chi connectivity index (χ4v) is 2.52. The molecule has 0 bridgehead atoms. The largest absolute Gasteiger partial charge is 0.375 e. The van der Waals surface area contributed by atoms with Crippen LogP contribution in [0.2, 0.25) is 0 Å². The van der Waals surface area contributed by atoms with Crippen LogP contribution in [0.1, 0.15) is 24.3 Å². The minimum absolute atomic E-state index is 0.0154. The van der Waals surface area contributed by atoms with Gasteiger partial charge in [-0.15, -0.1) is 0 Å². The van der Waals surface area contributed by atoms with Crippen molar-refractivity contribution >= 4 is 16.8 Å². The Morgan fingerprint density at radius 1 is 1.25 bits per heavy atom. The van der Waals surface area contributed by atoms with E-state index >= 15 is 0 Å². The van der Waals surface area contributed by atoms with Gasteiger partial charge in [0.1, 0.15) is 5.69 Å². The summed E-state index contributed by atoms with van der Waals surface area (Å²) in [4.78, 5) is 18.9. The lowest BCUT2D eigenvalue weighted by Crippen LogP contribution is -2.50. The van der Waals surface area contributed by atoms with Gasteiger partial charge >= 0.3 is 0 Å². The molecule has 0 N–H and O–H groups in total. The van der Waals surface area contributed by atoms with Gasteiger partial charge in [0, 0.05) is 11.9 Å². The van der Waals surface area contributed by atoms with E-state index in [1.54, 1.807) is 6.07 Å². The maximum absolute atomic E-state index is 12.6. The molecule has 1 saturated heterocycles. The van der Waals surface area contributed by atoms with E-state index in [0.717, 1.165) is 10.9 Å². The molecule has 1 fully saturated rings. The van der Waals surface area contributed by atoms with E-state index < -0.39 is 0 Å². The summed E-state index contributed by atoms with van der Waals surface area (Å²) in [6.45, 7) is 5.19. The highest BCUT2D eigenvalue weighted by molar-refractivity contribution is 5.95. The Bertz CT molecular complexity index is 641. The van der Waals surface area contributed by atoms with E-state index in [1.165, 1.54) is 0 Å². The van der Waals surface area contributed by atoms with E-state index in [1.807, 2.05) is 49.1 Å². The van der Waals surface area contributed by atoms with Gasteiger partial charge in [0.2, 0.25) is 0 Å². The molecule has 3 rings (SSSR count). The summed E-state index contributed by atoms with van der Waals surface area (Å²) in [5.74, 6) is -0.0154.